The number of carbonyl (C=O) groups is 2. The van der Waals surface area contributed by atoms with Gasteiger partial charge in [0.25, 0.3) is 5.91 Å². The molecule has 2 fully saturated rings. The summed E-state index contributed by atoms with van der Waals surface area (Å²) < 4.78 is 12.5. The lowest BCUT2D eigenvalue weighted by Crippen LogP contribution is -2.37. The van der Waals surface area contributed by atoms with E-state index in [-0.39, 0.29) is 5.91 Å². The van der Waals surface area contributed by atoms with E-state index >= 15 is 0 Å². The van der Waals surface area contributed by atoms with E-state index in [2.05, 4.69) is 15.9 Å². The zero-order valence-corrected chi connectivity index (χ0v) is 23.7. The van der Waals surface area contributed by atoms with Gasteiger partial charge in [-0.15, -0.1) is 0 Å². The molecule has 9 heteroatoms. The number of rotatable bonds is 7. The monoisotopic (exact) mass is 618 g/mol. The molecule has 40 heavy (non-hydrogen) atoms. The van der Waals surface area contributed by atoms with Gasteiger partial charge >= 0.3 is 0 Å². The first kappa shape index (κ1) is 26.4. The third-order valence-corrected chi connectivity index (χ3v) is 7.99. The van der Waals surface area contributed by atoms with E-state index < -0.39 is 24.0 Å². The largest absolute Gasteiger partial charge is 0.493 e. The maximum atomic E-state index is 13.9. The van der Waals surface area contributed by atoms with Crippen LogP contribution >= 0.6 is 27.5 Å². The molecule has 0 saturated carbocycles. The van der Waals surface area contributed by atoms with Gasteiger partial charge in [-0.2, -0.15) is 0 Å². The van der Waals surface area contributed by atoms with Gasteiger partial charge < -0.3 is 9.47 Å². The second-order valence-corrected chi connectivity index (χ2v) is 10.7. The number of hydrogen-bond acceptors (Lipinski definition) is 6. The molecular formula is C31H24BrClN2O5. The summed E-state index contributed by atoms with van der Waals surface area (Å²) in [5.74, 6) is -0.541. The number of amides is 2. The number of ether oxygens (including phenoxy) is 2. The second-order valence-electron chi connectivity index (χ2n) is 9.45. The van der Waals surface area contributed by atoms with Crippen LogP contribution in [0.5, 0.6) is 11.5 Å². The summed E-state index contributed by atoms with van der Waals surface area (Å²) in [4.78, 5) is 35.0. The van der Waals surface area contributed by atoms with Gasteiger partial charge in [0, 0.05) is 9.50 Å². The number of hydrogen-bond donors (Lipinski definition) is 0. The summed E-state index contributed by atoms with van der Waals surface area (Å²) >= 11 is 9.75. The Balaban J connectivity index is 1.40. The summed E-state index contributed by atoms with van der Waals surface area (Å²) in [7, 11) is 1.57. The number of carbonyl (C=O) groups excluding carboxylic acids is 2. The smallest absolute Gasteiger partial charge is 0.266 e. The normalized spacial score (nSPS) is 20.1. The van der Waals surface area contributed by atoms with Crippen LogP contribution in [-0.4, -0.2) is 25.0 Å². The predicted octanol–water partition coefficient (Wildman–Crippen LogP) is 6.74. The molecule has 2 saturated heterocycles. The standard InChI is InChI=1S/C31H24BrClN2O5/c1-38-25-16-23(24(32)17-26(25)39-18-19-8-4-2-5-9-19)28-27-29(40-35(28)22-10-6-3-7-11-22)31(37)34(30(27)36)21-14-12-20(33)13-15-21/h2-17,27-29H,18H2,1H3/t27-,28-,29+/m1/s1. The Kier molecular flexibility index (Phi) is 7.23. The Bertz CT molecular complexity index is 1550. The second kappa shape index (κ2) is 11.0. The van der Waals surface area contributed by atoms with Crippen LogP contribution < -0.4 is 19.4 Å². The van der Waals surface area contributed by atoms with Crippen molar-refractivity contribution < 1.29 is 23.9 Å². The molecule has 2 aliphatic heterocycles. The number of methoxy groups -OCH3 is 1. The third kappa shape index (κ3) is 4.72. The van der Waals surface area contributed by atoms with E-state index in [0.29, 0.717) is 33.3 Å². The van der Waals surface area contributed by atoms with Gasteiger partial charge in [0.2, 0.25) is 5.91 Å². The Morgan fingerprint density at radius 1 is 0.850 bits per heavy atom. The molecule has 202 valence electrons. The minimum Gasteiger partial charge on any atom is -0.493 e. The van der Waals surface area contributed by atoms with Gasteiger partial charge in [-0.25, -0.2) is 9.96 Å². The molecule has 0 spiro atoms. The number of hydroxylamine groups is 1. The summed E-state index contributed by atoms with van der Waals surface area (Å²) in [5.41, 5.74) is 2.91. The lowest BCUT2D eigenvalue weighted by Gasteiger charge is -2.29. The van der Waals surface area contributed by atoms with Gasteiger partial charge in [-0.3, -0.25) is 14.4 Å². The first-order valence-corrected chi connectivity index (χ1v) is 13.8. The Labute approximate surface area is 244 Å². The summed E-state index contributed by atoms with van der Waals surface area (Å²) in [6.07, 6.45) is -1.000. The average molecular weight is 620 g/mol. The quantitative estimate of drug-likeness (QED) is 0.214. The predicted molar refractivity (Wildman–Crippen MR) is 155 cm³/mol. The molecule has 0 unspecified atom stereocenters. The van der Waals surface area contributed by atoms with E-state index in [9.17, 15) is 9.59 Å². The Morgan fingerprint density at radius 3 is 2.20 bits per heavy atom. The Hall–Kier alpha value is -3.85. The minimum atomic E-state index is -1.000. The van der Waals surface area contributed by atoms with Crippen LogP contribution in [-0.2, 0) is 21.0 Å². The van der Waals surface area contributed by atoms with Crippen molar-refractivity contribution in [2.75, 3.05) is 17.1 Å². The number of benzene rings is 4. The number of imide groups is 1. The first-order valence-electron chi connectivity index (χ1n) is 12.6. The molecule has 0 aliphatic carbocycles. The fourth-order valence-corrected chi connectivity index (χ4v) is 5.84. The fourth-order valence-electron chi connectivity index (χ4n) is 5.16. The van der Waals surface area contributed by atoms with Crippen LogP contribution in [0.2, 0.25) is 5.02 Å². The topological polar surface area (TPSA) is 68.3 Å². The summed E-state index contributed by atoms with van der Waals surface area (Å²) in [6.45, 7) is 0.361. The number of nitrogens with zero attached hydrogens (tertiary/aromatic N) is 2. The zero-order chi connectivity index (χ0) is 27.8. The van der Waals surface area contributed by atoms with Crippen LogP contribution in [0.25, 0.3) is 0 Å². The van der Waals surface area contributed by atoms with Gasteiger partial charge in [-0.1, -0.05) is 76.1 Å². The highest BCUT2D eigenvalue weighted by atomic mass is 79.9. The molecule has 0 N–H and O–H groups in total. The van der Waals surface area contributed by atoms with Crippen LogP contribution in [0, 0.1) is 5.92 Å². The van der Waals surface area contributed by atoms with E-state index in [1.165, 1.54) is 4.90 Å². The van der Waals surface area contributed by atoms with Crippen LogP contribution in [0.4, 0.5) is 11.4 Å². The third-order valence-electron chi connectivity index (χ3n) is 7.05. The first-order chi connectivity index (χ1) is 19.5. The molecule has 0 bridgehead atoms. The molecular weight excluding hydrogens is 596 g/mol. The highest BCUT2D eigenvalue weighted by Gasteiger charge is 2.60. The molecule has 0 aromatic heterocycles. The minimum absolute atomic E-state index is 0.351. The molecule has 2 amide bonds. The maximum Gasteiger partial charge on any atom is 0.266 e. The maximum absolute atomic E-state index is 13.9. The number of para-hydroxylation sites is 1. The van der Waals surface area contributed by atoms with E-state index in [0.717, 1.165) is 16.8 Å². The Morgan fingerprint density at radius 2 is 1.52 bits per heavy atom. The lowest BCUT2D eigenvalue weighted by molar-refractivity contribution is -0.126. The highest BCUT2D eigenvalue weighted by molar-refractivity contribution is 9.10. The summed E-state index contributed by atoms with van der Waals surface area (Å²) in [6, 6.07) is 28.9. The molecule has 2 heterocycles. The number of fused-ring (bicyclic) bond motifs is 1. The molecule has 7 nitrogen and oxygen atoms in total. The molecule has 4 aromatic carbocycles. The van der Waals surface area contributed by atoms with E-state index in [1.807, 2.05) is 72.8 Å². The van der Waals surface area contributed by atoms with Crippen LogP contribution in [0.1, 0.15) is 17.2 Å². The van der Waals surface area contributed by atoms with Crippen molar-refractivity contribution in [1.82, 2.24) is 0 Å². The van der Waals surface area contributed by atoms with Gasteiger partial charge in [0.15, 0.2) is 17.6 Å². The number of anilines is 2. The SMILES string of the molecule is COc1cc([C@@H]2[C@H]3C(=O)N(c4ccc(Cl)cc4)C(=O)[C@H]3ON2c2ccccc2)c(Br)cc1OCc1ccccc1. The van der Waals surface area contributed by atoms with E-state index in [4.69, 9.17) is 25.9 Å². The average Bonchev–Trinajstić information content (AvgIpc) is 3.49. The zero-order valence-electron chi connectivity index (χ0n) is 21.4. The van der Waals surface area contributed by atoms with Crippen molar-refractivity contribution in [2.24, 2.45) is 5.92 Å². The summed E-state index contributed by atoms with van der Waals surface area (Å²) in [5, 5.41) is 2.16. The van der Waals surface area contributed by atoms with Crippen molar-refractivity contribution in [3.8, 4) is 11.5 Å². The van der Waals surface area contributed by atoms with Crippen molar-refractivity contribution in [2.45, 2.75) is 18.8 Å². The fraction of sp³-hybridized carbons (Fsp3) is 0.161. The van der Waals surface area contributed by atoms with Crippen molar-refractivity contribution in [1.29, 1.82) is 0 Å². The van der Waals surface area contributed by atoms with Crippen molar-refractivity contribution >= 4 is 50.7 Å². The lowest BCUT2D eigenvalue weighted by atomic mass is 9.90. The molecule has 4 aromatic rings. The van der Waals surface area contributed by atoms with Crippen LogP contribution in [0.3, 0.4) is 0 Å². The molecule has 2 aliphatic rings. The molecule has 0 radical (unpaired) electrons. The van der Waals surface area contributed by atoms with E-state index in [1.54, 1.807) is 36.4 Å². The number of halogens is 2. The highest BCUT2D eigenvalue weighted by Crippen LogP contribution is 2.50. The van der Waals surface area contributed by atoms with Crippen molar-refractivity contribution in [3.05, 3.63) is 118 Å². The molecule has 6 rings (SSSR count). The van der Waals surface area contributed by atoms with Gasteiger partial charge in [0.1, 0.15) is 12.5 Å². The van der Waals surface area contributed by atoms with Gasteiger partial charge in [0.05, 0.1) is 24.5 Å². The van der Waals surface area contributed by atoms with Crippen LogP contribution in [0.15, 0.2) is 102 Å². The van der Waals surface area contributed by atoms with Gasteiger partial charge in [-0.05, 0) is 59.7 Å². The molecule has 3 atom stereocenters. The van der Waals surface area contributed by atoms with Crippen molar-refractivity contribution in [3.63, 3.8) is 0 Å².